The summed E-state index contributed by atoms with van der Waals surface area (Å²) in [7, 11) is 2.23. The van der Waals surface area contributed by atoms with E-state index in [1.165, 1.54) is 25.6 Å². The lowest BCUT2D eigenvalue weighted by Crippen LogP contribution is -1.72. The molecule has 0 unspecified atom stereocenters. The summed E-state index contributed by atoms with van der Waals surface area (Å²) in [5, 5.41) is 0. The molecule has 0 atom stereocenters. The quantitative estimate of drug-likeness (QED) is 0.337. The second-order valence-electron chi connectivity index (χ2n) is 2.11. The average Bonchev–Trinajstić information content (AvgIpc) is 2.14. The Bertz CT molecular complexity index is 84.2. The molecule has 1 rings (SSSR count). The van der Waals surface area contributed by atoms with Crippen molar-refractivity contribution >= 4 is 7.85 Å². The lowest BCUT2D eigenvalue weighted by atomic mass is 9.97. The molecule has 0 fully saturated rings. The van der Waals surface area contributed by atoms with E-state index in [4.69, 9.17) is 0 Å². The highest BCUT2D eigenvalue weighted by atomic mass is 14.0. The molecule has 0 aromatic rings. The van der Waals surface area contributed by atoms with E-state index in [0.29, 0.717) is 0 Å². The first-order valence-corrected chi connectivity index (χ1v) is 3.11. The smallest absolute Gasteiger partial charge is 0.0860 e. The molecule has 1 heteroatoms. The summed E-state index contributed by atoms with van der Waals surface area (Å²) >= 11 is 0. The maximum absolute atomic E-state index is 2.38. The molecule has 38 valence electrons. The highest BCUT2D eigenvalue weighted by Crippen LogP contribution is 2.18. The van der Waals surface area contributed by atoms with Crippen molar-refractivity contribution in [3.8, 4) is 0 Å². The second-order valence-corrected chi connectivity index (χ2v) is 2.11. The van der Waals surface area contributed by atoms with Crippen molar-refractivity contribution in [1.29, 1.82) is 0 Å². The summed E-state index contributed by atoms with van der Waals surface area (Å²) < 4.78 is 0. The molecule has 7 heavy (non-hydrogen) atoms. The predicted molar refractivity (Wildman–Crippen MR) is 35.3 cm³/mol. The van der Waals surface area contributed by atoms with Crippen molar-refractivity contribution in [1.82, 2.24) is 0 Å². The van der Waals surface area contributed by atoms with Gasteiger partial charge in [-0.3, -0.25) is 0 Å². The minimum absolute atomic E-state index is 1.28. The van der Waals surface area contributed by atoms with E-state index in [1.54, 1.807) is 5.57 Å². The van der Waals surface area contributed by atoms with Crippen LogP contribution in [0.4, 0.5) is 0 Å². The average molecular weight is 94.0 g/mol. The van der Waals surface area contributed by atoms with Crippen LogP contribution in [0.15, 0.2) is 11.6 Å². The van der Waals surface area contributed by atoms with Crippen molar-refractivity contribution in [3.05, 3.63) is 11.6 Å². The van der Waals surface area contributed by atoms with Gasteiger partial charge in [-0.05, 0) is 19.3 Å². The van der Waals surface area contributed by atoms with Crippen LogP contribution in [0.1, 0.15) is 19.3 Å². The van der Waals surface area contributed by atoms with E-state index < -0.39 is 0 Å². The molecule has 0 saturated carbocycles. The summed E-state index contributed by atoms with van der Waals surface area (Å²) in [4.78, 5) is 0. The van der Waals surface area contributed by atoms with E-state index in [1.807, 2.05) is 0 Å². The Labute approximate surface area is 46.0 Å². The summed E-state index contributed by atoms with van der Waals surface area (Å²) in [6.07, 6.45) is 7.77. The molecular weight excluding hydrogens is 82.9 g/mol. The van der Waals surface area contributed by atoms with E-state index in [2.05, 4.69) is 13.9 Å². The first kappa shape index (κ1) is 4.95. The first-order chi connectivity index (χ1) is 3.43. The monoisotopic (exact) mass is 94.1 g/mol. The minimum atomic E-state index is 1.28. The Morgan fingerprint density at radius 1 is 1.71 bits per heavy atom. The third-order valence-corrected chi connectivity index (χ3v) is 1.59. The SMILES string of the molecule is BCC1=CCCC1. The van der Waals surface area contributed by atoms with Crippen molar-refractivity contribution in [2.24, 2.45) is 0 Å². The zero-order valence-corrected chi connectivity index (χ0v) is 4.91. The number of allylic oxidation sites excluding steroid dienone is 2. The number of hydrogen-bond acceptors (Lipinski definition) is 0. The standard InChI is InChI=1S/C6H11B/c7-5-6-3-1-2-4-6/h3H,1-2,4-5,7H2. The molecule has 0 aromatic heterocycles. The maximum atomic E-state index is 2.38. The van der Waals surface area contributed by atoms with Crippen LogP contribution in [-0.2, 0) is 0 Å². The molecule has 0 nitrogen and oxygen atoms in total. The van der Waals surface area contributed by atoms with Gasteiger partial charge in [-0.15, -0.1) is 0 Å². The van der Waals surface area contributed by atoms with Gasteiger partial charge in [0.2, 0.25) is 0 Å². The van der Waals surface area contributed by atoms with Crippen LogP contribution in [0, 0.1) is 0 Å². The van der Waals surface area contributed by atoms with Gasteiger partial charge < -0.3 is 0 Å². The predicted octanol–water partition coefficient (Wildman–Crippen LogP) is 1.15. The van der Waals surface area contributed by atoms with Crippen molar-refractivity contribution in [2.45, 2.75) is 25.6 Å². The normalized spacial score (nSPS) is 19.7. The molecule has 0 bridgehead atoms. The number of rotatable bonds is 1. The molecule has 0 radical (unpaired) electrons. The Hall–Kier alpha value is -0.195. The molecule has 0 aromatic carbocycles. The van der Waals surface area contributed by atoms with Gasteiger partial charge in [0, 0.05) is 0 Å². The fourth-order valence-corrected chi connectivity index (χ4v) is 1.06. The third-order valence-electron chi connectivity index (χ3n) is 1.59. The van der Waals surface area contributed by atoms with E-state index in [0.717, 1.165) is 0 Å². The van der Waals surface area contributed by atoms with E-state index in [-0.39, 0.29) is 0 Å². The van der Waals surface area contributed by atoms with Gasteiger partial charge in [-0.25, -0.2) is 0 Å². The second kappa shape index (κ2) is 2.20. The fourth-order valence-electron chi connectivity index (χ4n) is 1.06. The first-order valence-electron chi connectivity index (χ1n) is 3.11. The molecule has 0 aliphatic heterocycles. The summed E-state index contributed by atoms with van der Waals surface area (Å²) in [6, 6.07) is 0. The molecule has 0 N–H and O–H groups in total. The lowest BCUT2D eigenvalue weighted by molar-refractivity contribution is 0.906. The van der Waals surface area contributed by atoms with Gasteiger partial charge in [0.05, 0.1) is 0 Å². The molecule has 0 saturated heterocycles. The van der Waals surface area contributed by atoms with Gasteiger partial charge in [0.1, 0.15) is 7.85 Å². The Balaban J connectivity index is 2.36. The van der Waals surface area contributed by atoms with Crippen LogP contribution >= 0.6 is 0 Å². The van der Waals surface area contributed by atoms with Crippen LogP contribution in [0.5, 0.6) is 0 Å². The molecule has 0 amide bonds. The molecule has 0 heterocycles. The van der Waals surface area contributed by atoms with Crippen molar-refractivity contribution < 1.29 is 0 Å². The van der Waals surface area contributed by atoms with Gasteiger partial charge >= 0.3 is 0 Å². The zero-order valence-electron chi connectivity index (χ0n) is 4.91. The van der Waals surface area contributed by atoms with Crippen LogP contribution in [-0.4, -0.2) is 7.85 Å². The Kier molecular flexibility index (Phi) is 1.56. The van der Waals surface area contributed by atoms with Crippen LogP contribution in [0.25, 0.3) is 0 Å². The zero-order chi connectivity index (χ0) is 5.11. The minimum Gasteiger partial charge on any atom is -0.0860 e. The van der Waals surface area contributed by atoms with Gasteiger partial charge in [-0.2, -0.15) is 0 Å². The topological polar surface area (TPSA) is 0 Å². The lowest BCUT2D eigenvalue weighted by Gasteiger charge is -1.88. The van der Waals surface area contributed by atoms with E-state index >= 15 is 0 Å². The van der Waals surface area contributed by atoms with Gasteiger partial charge in [-0.1, -0.05) is 18.0 Å². The molecule has 1 aliphatic carbocycles. The Morgan fingerprint density at radius 2 is 2.57 bits per heavy atom. The fraction of sp³-hybridized carbons (Fsp3) is 0.667. The van der Waals surface area contributed by atoms with Crippen molar-refractivity contribution in [2.75, 3.05) is 0 Å². The van der Waals surface area contributed by atoms with Gasteiger partial charge in [0.15, 0.2) is 0 Å². The number of hydrogen-bond donors (Lipinski definition) is 0. The third kappa shape index (κ3) is 1.08. The summed E-state index contributed by atoms with van der Waals surface area (Å²) in [5.74, 6) is 0. The van der Waals surface area contributed by atoms with E-state index in [9.17, 15) is 0 Å². The Morgan fingerprint density at radius 3 is 2.86 bits per heavy atom. The maximum Gasteiger partial charge on any atom is 0.106 e. The summed E-state index contributed by atoms with van der Waals surface area (Å²) in [6.45, 7) is 0. The highest BCUT2D eigenvalue weighted by Gasteiger charge is 1.99. The molecule has 1 aliphatic rings. The summed E-state index contributed by atoms with van der Waals surface area (Å²) in [5.41, 5.74) is 1.67. The van der Waals surface area contributed by atoms with Crippen LogP contribution < -0.4 is 0 Å². The van der Waals surface area contributed by atoms with Crippen LogP contribution in [0.2, 0.25) is 6.32 Å². The van der Waals surface area contributed by atoms with Crippen molar-refractivity contribution in [3.63, 3.8) is 0 Å². The highest BCUT2D eigenvalue weighted by molar-refractivity contribution is 6.10. The largest absolute Gasteiger partial charge is 0.106 e. The molecular formula is C6H11B. The molecule has 0 spiro atoms. The van der Waals surface area contributed by atoms with Crippen LogP contribution in [0.3, 0.4) is 0 Å². The van der Waals surface area contributed by atoms with Gasteiger partial charge in [0.25, 0.3) is 0 Å².